The number of carbonyl (C=O) groups excluding carboxylic acids is 1. The largest absolute Gasteiger partial charge is 0.418 e. The number of halogens is 3. The van der Waals surface area contributed by atoms with Gasteiger partial charge in [-0.15, -0.1) is 0 Å². The molecule has 2 aliphatic heterocycles. The van der Waals surface area contributed by atoms with Crippen molar-refractivity contribution in [2.24, 2.45) is 5.41 Å². The average Bonchev–Trinajstić information content (AvgIpc) is 3.17. The minimum absolute atomic E-state index is 0.0259. The molecule has 1 aromatic heterocycles. The molecule has 2 saturated heterocycles. The molecule has 1 aromatic carbocycles. The molecule has 5 nitrogen and oxygen atoms in total. The summed E-state index contributed by atoms with van der Waals surface area (Å²) in [5.74, 6) is 0. The molecule has 1 atom stereocenters. The molecule has 0 aliphatic carbocycles. The van der Waals surface area contributed by atoms with Crippen LogP contribution in [0.3, 0.4) is 0 Å². The molecule has 1 N–H and O–H groups in total. The van der Waals surface area contributed by atoms with Crippen molar-refractivity contribution in [3.05, 3.63) is 36.0 Å². The van der Waals surface area contributed by atoms with Gasteiger partial charge in [-0.3, -0.25) is 4.98 Å². The number of alkyl halides is 3. The molecular weight excluding hydrogens is 405 g/mol. The van der Waals surface area contributed by atoms with Gasteiger partial charge in [-0.1, -0.05) is 0 Å². The van der Waals surface area contributed by atoms with Gasteiger partial charge in [0.25, 0.3) is 0 Å². The smallest absolute Gasteiger partial charge is 0.371 e. The number of hydrogen-bond acceptors (Lipinski definition) is 5. The molecule has 3 heterocycles. The van der Waals surface area contributed by atoms with Crippen LogP contribution in [0, 0.1) is 5.41 Å². The summed E-state index contributed by atoms with van der Waals surface area (Å²) in [4.78, 5) is 20.4. The van der Waals surface area contributed by atoms with Crippen LogP contribution in [-0.2, 0) is 11.0 Å². The Morgan fingerprint density at radius 3 is 2.65 bits per heavy atom. The van der Waals surface area contributed by atoms with Gasteiger partial charge in [-0.2, -0.15) is 13.2 Å². The van der Waals surface area contributed by atoms with Gasteiger partial charge in [0.1, 0.15) is 6.29 Å². The number of nitrogens with one attached hydrogen (secondary N) is 1. The molecule has 31 heavy (non-hydrogen) atoms. The van der Waals surface area contributed by atoms with E-state index in [9.17, 15) is 18.0 Å². The monoisotopic (exact) mass is 434 g/mol. The summed E-state index contributed by atoms with van der Waals surface area (Å²) >= 11 is 0. The standard InChI is InChI=1S/C23H29F3N4O/c1-29-11-3-4-17(29)14-27-15-22(16-31)8-12-30(13-9-22)20-7-6-19(23(24,25)26)21-18(20)5-2-10-28-21/h2,5-7,10,16-17,27H,3-4,8-9,11-15H2,1H3. The van der Waals surface area contributed by atoms with E-state index in [0.29, 0.717) is 43.9 Å². The second-order valence-corrected chi connectivity index (χ2v) is 8.90. The van der Waals surface area contributed by atoms with Crippen LogP contribution in [0.4, 0.5) is 18.9 Å². The second kappa shape index (κ2) is 8.74. The number of rotatable bonds is 6. The first-order chi connectivity index (χ1) is 14.8. The molecule has 4 rings (SSSR count). The van der Waals surface area contributed by atoms with E-state index >= 15 is 0 Å². The van der Waals surface area contributed by atoms with Gasteiger partial charge in [0.2, 0.25) is 0 Å². The van der Waals surface area contributed by atoms with Crippen molar-refractivity contribution in [3.8, 4) is 0 Å². The summed E-state index contributed by atoms with van der Waals surface area (Å²) in [6.45, 7) is 3.89. The predicted octanol–water partition coefficient (Wildman–Crippen LogP) is 3.72. The van der Waals surface area contributed by atoms with Crippen LogP contribution in [0.5, 0.6) is 0 Å². The van der Waals surface area contributed by atoms with Crippen molar-refractivity contribution in [2.75, 3.05) is 44.7 Å². The van der Waals surface area contributed by atoms with Crippen LogP contribution in [0.2, 0.25) is 0 Å². The van der Waals surface area contributed by atoms with Crippen LogP contribution in [-0.4, -0.2) is 62.0 Å². The molecule has 1 unspecified atom stereocenters. The summed E-state index contributed by atoms with van der Waals surface area (Å²) in [5.41, 5.74) is -0.418. The van der Waals surface area contributed by atoms with Crippen LogP contribution in [0.1, 0.15) is 31.2 Å². The van der Waals surface area contributed by atoms with E-state index in [-0.39, 0.29) is 5.52 Å². The topological polar surface area (TPSA) is 48.5 Å². The molecule has 0 saturated carbocycles. The number of carbonyl (C=O) groups is 1. The van der Waals surface area contributed by atoms with Gasteiger partial charge in [-0.05, 0) is 63.5 Å². The predicted molar refractivity (Wildman–Crippen MR) is 115 cm³/mol. The van der Waals surface area contributed by atoms with Crippen molar-refractivity contribution in [3.63, 3.8) is 0 Å². The zero-order valence-electron chi connectivity index (χ0n) is 17.8. The third-order valence-electron chi connectivity index (χ3n) is 6.93. The lowest BCUT2D eigenvalue weighted by atomic mass is 9.79. The Hall–Kier alpha value is -2.19. The van der Waals surface area contributed by atoms with Gasteiger partial charge in [0.15, 0.2) is 0 Å². The van der Waals surface area contributed by atoms with Crippen molar-refractivity contribution >= 4 is 22.9 Å². The Kier molecular flexibility index (Phi) is 6.21. The highest BCUT2D eigenvalue weighted by Crippen LogP contribution is 2.39. The SMILES string of the molecule is CN1CCCC1CNCC1(C=O)CCN(c2ccc(C(F)(F)F)c3ncccc23)CC1. The Morgan fingerprint density at radius 1 is 1.23 bits per heavy atom. The molecule has 0 bridgehead atoms. The minimum atomic E-state index is -4.45. The van der Waals surface area contributed by atoms with Crippen molar-refractivity contribution < 1.29 is 18.0 Å². The molecular formula is C23H29F3N4O. The number of benzene rings is 1. The molecule has 168 valence electrons. The normalized spacial score (nSPS) is 22.2. The van der Waals surface area contributed by atoms with Gasteiger partial charge in [0, 0.05) is 54.9 Å². The number of pyridine rings is 1. The number of piperidine rings is 1. The number of anilines is 1. The number of nitrogens with zero attached hydrogens (tertiary/aromatic N) is 3. The number of aromatic nitrogens is 1. The summed E-state index contributed by atoms with van der Waals surface area (Å²) < 4.78 is 40.2. The van der Waals surface area contributed by atoms with Crippen molar-refractivity contribution in [1.29, 1.82) is 0 Å². The summed E-state index contributed by atoms with van der Waals surface area (Å²) in [7, 11) is 2.14. The highest BCUT2D eigenvalue weighted by Gasteiger charge is 2.37. The van der Waals surface area contributed by atoms with Gasteiger partial charge < -0.3 is 19.9 Å². The number of likely N-dealkylation sites (tertiary alicyclic amines) is 1. The van der Waals surface area contributed by atoms with Crippen molar-refractivity contribution in [2.45, 2.75) is 37.9 Å². The summed E-state index contributed by atoms with van der Waals surface area (Å²) in [6, 6.07) is 6.53. The first kappa shape index (κ1) is 22.0. The maximum absolute atomic E-state index is 13.4. The van der Waals surface area contributed by atoms with E-state index in [0.717, 1.165) is 31.1 Å². The van der Waals surface area contributed by atoms with E-state index < -0.39 is 17.2 Å². The summed E-state index contributed by atoms with van der Waals surface area (Å²) in [5, 5.41) is 4.00. The van der Waals surface area contributed by atoms with E-state index in [1.165, 1.54) is 25.1 Å². The quantitative estimate of drug-likeness (QED) is 0.703. The first-order valence-corrected chi connectivity index (χ1v) is 10.9. The van der Waals surface area contributed by atoms with Crippen LogP contribution in [0.15, 0.2) is 30.5 Å². The highest BCUT2D eigenvalue weighted by atomic mass is 19.4. The Bertz CT molecular complexity index is 925. The van der Waals surface area contributed by atoms with E-state index in [2.05, 4.69) is 27.1 Å². The average molecular weight is 435 g/mol. The fourth-order valence-corrected chi connectivity index (χ4v) is 4.92. The Balaban J connectivity index is 1.45. The molecule has 0 radical (unpaired) electrons. The van der Waals surface area contributed by atoms with E-state index in [1.54, 1.807) is 12.1 Å². The molecule has 2 fully saturated rings. The van der Waals surface area contributed by atoms with Crippen molar-refractivity contribution in [1.82, 2.24) is 15.2 Å². The maximum Gasteiger partial charge on any atom is 0.418 e. The molecule has 2 aliphatic rings. The number of hydrogen-bond donors (Lipinski definition) is 1. The zero-order chi connectivity index (χ0) is 22.1. The lowest BCUT2D eigenvalue weighted by Crippen LogP contribution is -2.48. The third-order valence-corrected chi connectivity index (χ3v) is 6.93. The molecule has 0 amide bonds. The molecule has 8 heteroatoms. The fourth-order valence-electron chi connectivity index (χ4n) is 4.92. The lowest BCUT2D eigenvalue weighted by Gasteiger charge is -2.40. The second-order valence-electron chi connectivity index (χ2n) is 8.90. The summed E-state index contributed by atoms with van der Waals surface area (Å²) in [6.07, 6.45) is 1.76. The van der Waals surface area contributed by atoms with Crippen LogP contribution >= 0.6 is 0 Å². The fraction of sp³-hybridized carbons (Fsp3) is 0.565. The maximum atomic E-state index is 13.4. The van der Waals surface area contributed by atoms with Gasteiger partial charge >= 0.3 is 6.18 Å². The first-order valence-electron chi connectivity index (χ1n) is 10.9. The van der Waals surface area contributed by atoms with E-state index in [4.69, 9.17) is 0 Å². The number of aldehydes is 1. The van der Waals surface area contributed by atoms with Crippen LogP contribution < -0.4 is 10.2 Å². The third kappa shape index (κ3) is 4.55. The zero-order valence-corrected chi connectivity index (χ0v) is 17.8. The minimum Gasteiger partial charge on any atom is -0.371 e. The van der Waals surface area contributed by atoms with E-state index in [1.807, 2.05) is 0 Å². The van der Waals surface area contributed by atoms with Crippen LogP contribution in [0.25, 0.3) is 10.9 Å². The lowest BCUT2D eigenvalue weighted by molar-refractivity contribution is -0.136. The Morgan fingerprint density at radius 2 is 2.00 bits per heavy atom. The molecule has 2 aromatic rings. The number of fused-ring (bicyclic) bond motifs is 1. The highest BCUT2D eigenvalue weighted by molar-refractivity contribution is 5.94. The Labute approximate surface area is 180 Å². The number of likely N-dealkylation sites (N-methyl/N-ethyl adjacent to an activating group) is 1. The molecule has 0 spiro atoms. The van der Waals surface area contributed by atoms with Gasteiger partial charge in [0.05, 0.1) is 11.1 Å². The van der Waals surface area contributed by atoms with Gasteiger partial charge in [-0.25, -0.2) is 0 Å².